The van der Waals surface area contributed by atoms with Crippen molar-refractivity contribution in [3.63, 3.8) is 0 Å². The molecular formula is C14H17NO4. The number of hydrogen-bond acceptors (Lipinski definition) is 4. The molecule has 5 heteroatoms. The maximum atomic E-state index is 11.5. The Morgan fingerprint density at radius 3 is 2.89 bits per heavy atom. The number of benzene rings is 1. The average Bonchev–Trinajstić information content (AvgIpc) is 2.38. The van der Waals surface area contributed by atoms with Crippen molar-refractivity contribution in [2.75, 3.05) is 20.7 Å². The first-order chi connectivity index (χ1) is 9.10. The molecule has 0 spiro atoms. The molecule has 1 aromatic rings. The molecule has 1 amide bonds. The summed E-state index contributed by atoms with van der Waals surface area (Å²) in [4.78, 5) is 12.8. The third-order valence-corrected chi connectivity index (χ3v) is 2.56. The zero-order chi connectivity index (χ0) is 13.8. The molecule has 1 heterocycles. The van der Waals surface area contributed by atoms with Crippen LogP contribution in [0.1, 0.15) is 12.5 Å². The maximum absolute atomic E-state index is 11.5. The molecule has 1 atom stereocenters. The van der Waals surface area contributed by atoms with Crippen LogP contribution in [0.25, 0.3) is 6.08 Å². The highest BCUT2D eigenvalue weighted by Gasteiger charge is 2.16. The number of hydrogen-bond donors (Lipinski definition) is 0. The minimum atomic E-state index is -0.423. The largest absolute Gasteiger partial charge is 0.460 e. The number of nitrogens with zero attached hydrogens (tertiary/aromatic N) is 1. The number of ether oxygens (including phenoxy) is 3. The fourth-order valence-electron chi connectivity index (χ4n) is 1.61. The lowest BCUT2D eigenvalue weighted by Gasteiger charge is -2.21. The van der Waals surface area contributed by atoms with Crippen LogP contribution in [0.15, 0.2) is 24.3 Å². The van der Waals surface area contributed by atoms with Crippen molar-refractivity contribution in [1.29, 1.82) is 0 Å². The van der Waals surface area contributed by atoms with Crippen LogP contribution in [0.5, 0.6) is 11.5 Å². The molecule has 102 valence electrons. The molecule has 5 nitrogen and oxygen atoms in total. The van der Waals surface area contributed by atoms with E-state index in [4.69, 9.17) is 14.2 Å². The molecule has 0 saturated heterocycles. The van der Waals surface area contributed by atoms with Crippen molar-refractivity contribution in [2.45, 2.75) is 13.2 Å². The molecule has 0 aliphatic carbocycles. The molecule has 0 fully saturated rings. The average molecular weight is 263 g/mol. The van der Waals surface area contributed by atoms with Crippen LogP contribution in [0.4, 0.5) is 4.79 Å². The quantitative estimate of drug-likeness (QED) is 0.840. The highest BCUT2D eigenvalue weighted by molar-refractivity contribution is 5.71. The van der Waals surface area contributed by atoms with E-state index in [2.05, 4.69) is 0 Å². The molecular weight excluding hydrogens is 246 g/mol. The summed E-state index contributed by atoms with van der Waals surface area (Å²) in [5.74, 6) is 1.09. The Kier molecular flexibility index (Phi) is 4.06. The first-order valence-electron chi connectivity index (χ1n) is 6.10. The van der Waals surface area contributed by atoms with Gasteiger partial charge in [0.25, 0.3) is 0 Å². The lowest BCUT2D eigenvalue weighted by atomic mass is 10.1. The van der Waals surface area contributed by atoms with Gasteiger partial charge in [0.1, 0.15) is 11.5 Å². The summed E-state index contributed by atoms with van der Waals surface area (Å²) in [6.45, 7) is 2.47. The summed E-state index contributed by atoms with van der Waals surface area (Å²) in [6.07, 6.45) is 2.96. The molecule has 19 heavy (non-hydrogen) atoms. The molecule has 0 saturated carbocycles. The predicted octanol–water partition coefficient (Wildman–Crippen LogP) is 2.52. The van der Waals surface area contributed by atoms with E-state index in [9.17, 15) is 4.79 Å². The van der Waals surface area contributed by atoms with Crippen LogP contribution in [0, 0.1) is 0 Å². The van der Waals surface area contributed by atoms with E-state index < -0.39 is 12.4 Å². The number of amides is 1. The Labute approximate surface area is 112 Å². The highest BCUT2D eigenvalue weighted by atomic mass is 16.7. The molecule has 2 rings (SSSR count). The lowest BCUT2D eigenvalue weighted by Crippen LogP contribution is -2.25. The summed E-state index contributed by atoms with van der Waals surface area (Å²) in [5, 5.41) is 0. The van der Waals surface area contributed by atoms with Gasteiger partial charge in [0, 0.05) is 32.3 Å². The smallest absolute Gasteiger partial charge is 0.414 e. The second-order valence-corrected chi connectivity index (χ2v) is 4.26. The minimum Gasteiger partial charge on any atom is -0.460 e. The van der Waals surface area contributed by atoms with E-state index in [-0.39, 0.29) is 0 Å². The van der Waals surface area contributed by atoms with E-state index in [1.807, 2.05) is 25.1 Å². The Hall–Kier alpha value is -2.01. The molecule has 1 unspecified atom stereocenters. The van der Waals surface area contributed by atoms with E-state index in [1.165, 1.54) is 4.90 Å². The second kappa shape index (κ2) is 5.75. The Bertz CT molecular complexity index is 496. The van der Waals surface area contributed by atoms with Gasteiger partial charge in [-0.15, -0.1) is 0 Å². The van der Waals surface area contributed by atoms with Crippen molar-refractivity contribution in [2.24, 2.45) is 0 Å². The summed E-state index contributed by atoms with van der Waals surface area (Å²) in [6, 6.07) is 5.26. The van der Waals surface area contributed by atoms with Crippen molar-refractivity contribution < 1.29 is 19.0 Å². The topological polar surface area (TPSA) is 48.0 Å². The minimum absolute atomic E-state index is 0.391. The van der Waals surface area contributed by atoms with Gasteiger partial charge in [0.15, 0.2) is 0 Å². The van der Waals surface area contributed by atoms with Gasteiger partial charge in [-0.1, -0.05) is 0 Å². The van der Waals surface area contributed by atoms with Gasteiger partial charge in [-0.05, 0) is 31.2 Å². The molecule has 1 aliphatic rings. The predicted molar refractivity (Wildman–Crippen MR) is 71.2 cm³/mol. The van der Waals surface area contributed by atoms with Gasteiger partial charge in [-0.2, -0.15) is 0 Å². The van der Waals surface area contributed by atoms with Gasteiger partial charge in [-0.3, -0.25) is 0 Å². The van der Waals surface area contributed by atoms with Gasteiger partial charge in [0.2, 0.25) is 6.29 Å². The third kappa shape index (κ3) is 3.26. The number of carbonyl (C=O) groups is 1. The van der Waals surface area contributed by atoms with Crippen molar-refractivity contribution in [3.05, 3.63) is 29.8 Å². The van der Waals surface area contributed by atoms with E-state index in [0.29, 0.717) is 18.1 Å². The molecule has 0 radical (unpaired) electrons. The van der Waals surface area contributed by atoms with Crippen molar-refractivity contribution in [1.82, 2.24) is 4.90 Å². The summed E-state index contributed by atoms with van der Waals surface area (Å²) >= 11 is 0. The van der Waals surface area contributed by atoms with Crippen molar-refractivity contribution >= 4 is 12.2 Å². The van der Waals surface area contributed by atoms with Gasteiger partial charge >= 0.3 is 6.09 Å². The van der Waals surface area contributed by atoms with Crippen LogP contribution >= 0.6 is 0 Å². The highest BCUT2D eigenvalue weighted by Crippen LogP contribution is 2.30. The van der Waals surface area contributed by atoms with Crippen molar-refractivity contribution in [3.8, 4) is 11.5 Å². The first-order valence-corrected chi connectivity index (χ1v) is 6.10. The number of carbonyl (C=O) groups excluding carboxylic acids is 1. The lowest BCUT2D eigenvalue weighted by molar-refractivity contribution is -0.0414. The summed E-state index contributed by atoms with van der Waals surface area (Å²) in [5.41, 5.74) is 0.931. The SMILES string of the molecule is CCOC1C=Cc2ccc(OC(=O)N(C)C)cc2O1. The van der Waals surface area contributed by atoms with Crippen LogP contribution in [0.2, 0.25) is 0 Å². The normalized spacial score (nSPS) is 16.5. The monoisotopic (exact) mass is 263 g/mol. The first kappa shape index (κ1) is 13.4. The van der Waals surface area contributed by atoms with E-state index in [1.54, 1.807) is 26.2 Å². The van der Waals surface area contributed by atoms with Crippen LogP contribution < -0.4 is 9.47 Å². The van der Waals surface area contributed by atoms with Gasteiger partial charge in [-0.25, -0.2) is 4.79 Å². The fraction of sp³-hybridized carbons (Fsp3) is 0.357. The molecule has 0 bridgehead atoms. The van der Waals surface area contributed by atoms with E-state index >= 15 is 0 Å². The summed E-state index contributed by atoms with van der Waals surface area (Å²) in [7, 11) is 3.26. The Morgan fingerprint density at radius 2 is 2.21 bits per heavy atom. The standard InChI is InChI=1S/C14H17NO4/c1-4-17-13-8-6-10-5-7-11(9-12(10)19-13)18-14(16)15(2)3/h5-9,13H,4H2,1-3H3. The summed E-state index contributed by atoms with van der Waals surface area (Å²) < 4.78 is 16.2. The molecule has 0 aromatic heterocycles. The number of fused-ring (bicyclic) bond motifs is 1. The number of rotatable bonds is 3. The maximum Gasteiger partial charge on any atom is 0.414 e. The second-order valence-electron chi connectivity index (χ2n) is 4.26. The van der Waals surface area contributed by atoms with Gasteiger partial charge < -0.3 is 19.1 Å². The Morgan fingerprint density at radius 1 is 1.42 bits per heavy atom. The molecule has 1 aromatic carbocycles. The van der Waals surface area contributed by atoms with E-state index in [0.717, 1.165) is 5.56 Å². The van der Waals surface area contributed by atoms with Crippen LogP contribution in [-0.2, 0) is 4.74 Å². The zero-order valence-electron chi connectivity index (χ0n) is 11.3. The van der Waals surface area contributed by atoms with Crippen LogP contribution in [-0.4, -0.2) is 38.0 Å². The Balaban J connectivity index is 2.13. The molecule has 1 aliphatic heterocycles. The van der Waals surface area contributed by atoms with Crippen LogP contribution in [0.3, 0.4) is 0 Å². The van der Waals surface area contributed by atoms with Gasteiger partial charge in [0.05, 0.1) is 0 Å². The fourth-order valence-corrected chi connectivity index (χ4v) is 1.61. The molecule has 0 N–H and O–H groups in total. The third-order valence-electron chi connectivity index (χ3n) is 2.56. The zero-order valence-corrected chi connectivity index (χ0v) is 11.3.